The molecule has 10 heteroatoms. The molecule has 0 bridgehead atoms. The summed E-state index contributed by atoms with van der Waals surface area (Å²) in [6.45, 7) is 5.63. The third-order valence-electron chi connectivity index (χ3n) is 6.08. The van der Waals surface area contributed by atoms with Crippen LogP contribution in [0.1, 0.15) is 46.9 Å². The van der Waals surface area contributed by atoms with Gasteiger partial charge in [-0.3, -0.25) is 14.3 Å². The van der Waals surface area contributed by atoms with E-state index in [9.17, 15) is 4.79 Å². The Balaban J connectivity index is 1.57. The molecule has 0 radical (unpaired) electrons. The highest BCUT2D eigenvalue weighted by Crippen LogP contribution is 2.33. The molecular weight excluding hydrogens is 438 g/mol. The summed E-state index contributed by atoms with van der Waals surface area (Å²) in [5.41, 5.74) is 3.32. The molecule has 1 saturated heterocycles. The summed E-state index contributed by atoms with van der Waals surface area (Å²) >= 11 is 1.71. The van der Waals surface area contributed by atoms with Crippen molar-refractivity contribution in [3.63, 3.8) is 0 Å². The van der Waals surface area contributed by atoms with Crippen molar-refractivity contribution in [1.82, 2.24) is 29.9 Å². The van der Waals surface area contributed by atoms with Crippen LogP contribution in [0.4, 0.5) is 5.69 Å². The van der Waals surface area contributed by atoms with Crippen LogP contribution < -0.4 is 10.2 Å². The molecule has 33 heavy (non-hydrogen) atoms. The lowest BCUT2D eigenvalue weighted by Gasteiger charge is -2.34. The molecule has 2 atom stereocenters. The molecule has 0 aliphatic carbocycles. The number of rotatable bonds is 6. The van der Waals surface area contributed by atoms with Gasteiger partial charge >= 0.3 is 0 Å². The van der Waals surface area contributed by atoms with Crippen molar-refractivity contribution in [2.24, 2.45) is 0 Å². The minimum Gasteiger partial charge on any atom is -0.380 e. The van der Waals surface area contributed by atoms with Crippen LogP contribution in [0.15, 0.2) is 36.9 Å². The van der Waals surface area contributed by atoms with Gasteiger partial charge in [-0.15, -0.1) is 11.3 Å². The summed E-state index contributed by atoms with van der Waals surface area (Å²) in [7, 11) is 1.76. The molecule has 5 heterocycles. The number of fused-ring (bicyclic) bond motifs is 1. The van der Waals surface area contributed by atoms with E-state index < -0.39 is 0 Å². The number of aromatic amines is 1. The zero-order valence-electron chi connectivity index (χ0n) is 18.9. The van der Waals surface area contributed by atoms with Crippen LogP contribution >= 0.6 is 11.3 Å². The fourth-order valence-corrected chi connectivity index (χ4v) is 5.18. The second-order valence-electron chi connectivity index (χ2n) is 8.37. The average Bonchev–Trinajstić information content (AvgIpc) is 3.59. The average molecular weight is 466 g/mol. The minimum absolute atomic E-state index is 0.164. The van der Waals surface area contributed by atoms with Gasteiger partial charge in [0.2, 0.25) is 0 Å². The summed E-state index contributed by atoms with van der Waals surface area (Å²) in [6.07, 6.45) is 7.42. The molecule has 5 rings (SSSR count). The molecule has 4 aromatic rings. The standard InChI is InChI=1S/C23H27N7O2S/c1-14-6-7-20(33-14)19-10-24-22-18(29-8-4-5-17(12-29)32-3)9-16(11-30(19)22)23(31)27-15(2)21-25-13-26-28-21/h6-7,9-11,13,15,17H,4-5,8,12H2,1-3H3,(H,27,31)(H,25,26,28). The summed E-state index contributed by atoms with van der Waals surface area (Å²) in [5, 5.41) is 9.71. The lowest BCUT2D eigenvalue weighted by molar-refractivity contribution is 0.0894. The van der Waals surface area contributed by atoms with Crippen LogP contribution in [0.5, 0.6) is 0 Å². The predicted octanol–water partition coefficient (Wildman–Crippen LogP) is 3.60. The van der Waals surface area contributed by atoms with E-state index in [0.717, 1.165) is 47.8 Å². The topological polar surface area (TPSA) is 100 Å². The van der Waals surface area contributed by atoms with Crippen molar-refractivity contribution in [1.29, 1.82) is 0 Å². The van der Waals surface area contributed by atoms with Crippen molar-refractivity contribution in [2.75, 3.05) is 25.1 Å². The Morgan fingerprint density at radius 2 is 2.24 bits per heavy atom. The second-order valence-corrected chi connectivity index (χ2v) is 9.66. The first-order valence-corrected chi connectivity index (χ1v) is 11.9. The molecule has 2 N–H and O–H groups in total. The number of H-pyrrole nitrogens is 1. The van der Waals surface area contributed by atoms with Gasteiger partial charge in [0.1, 0.15) is 12.2 Å². The maximum atomic E-state index is 13.3. The van der Waals surface area contributed by atoms with E-state index in [1.54, 1.807) is 18.4 Å². The molecule has 1 aliphatic rings. The Morgan fingerprint density at radius 3 is 2.97 bits per heavy atom. The van der Waals surface area contributed by atoms with Gasteiger partial charge in [-0.2, -0.15) is 5.10 Å². The van der Waals surface area contributed by atoms with Gasteiger partial charge in [0.25, 0.3) is 5.91 Å². The van der Waals surface area contributed by atoms with Crippen LogP contribution in [0, 0.1) is 6.92 Å². The van der Waals surface area contributed by atoms with Crippen molar-refractivity contribution in [2.45, 2.75) is 38.8 Å². The van der Waals surface area contributed by atoms with Crippen LogP contribution in [0.3, 0.4) is 0 Å². The number of pyridine rings is 1. The van der Waals surface area contributed by atoms with E-state index in [1.807, 2.05) is 29.8 Å². The highest BCUT2D eigenvalue weighted by Gasteiger charge is 2.25. The first kappa shape index (κ1) is 21.6. The summed E-state index contributed by atoms with van der Waals surface area (Å²) in [5.74, 6) is 0.436. The smallest absolute Gasteiger partial charge is 0.253 e. The van der Waals surface area contributed by atoms with Gasteiger partial charge in [-0.25, -0.2) is 9.97 Å². The van der Waals surface area contributed by atoms with Gasteiger partial charge < -0.3 is 15.0 Å². The SMILES string of the molecule is COC1CCCN(c2cc(C(=O)NC(C)c3ncn[nH]3)cn3c(-c4ccc(C)s4)cnc23)C1. The third kappa shape index (κ3) is 4.23. The summed E-state index contributed by atoms with van der Waals surface area (Å²) in [6, 6.07) is 5.84. The largest absolute Gasteiger partial charge is 0.380 e. The van der Waals surface area contributed by atoms with Crippen molar-refractivity contribution < 1.29 is 9.53 Å². The maximum Gasteiger partial charge on any atom is 0.253 e. The number of carbonyl (C=O) groups excluding carboxylic acids is 1. The van der Waals surface area contributed by atoms with Crippen molar-refractivity contribution in [3.8, 4) is 10.6 Å². The number of nitrogens with one attached hydrogen (secondary N) is 2. The third-order valence-corrected chi connectivity index (χ3v) is 7.11. The van der Waals surface area contributed by atoms with Gasteiger partial charge in [0.15, 0.2) is 5.65 Å². The monoisotopic (exact) mass is 465 g/mol. The van der Waals surface area contributed by atoms with Crippen molar-refractivity contribution >= 4 is 28.6 Å². The molecule has 2 unspecified atom stereocenters. The fourth-order valence-electron chi connectivity index (χ4n) is 4.30. The molecule has 1 aliphatic heterocycles. The van der Waals surface area contributed by atoms with Crippen LogP contribution in [0.2, 0.25) is 0 Å². The Labute approximate surface area is 195 Å². The van der Waals surface area contributed by atoms with Crippen LogP contribution in [0.25, 0.3) is 16.2 Å². The number of amides is 1. The van der Waals surface area contributed by atoms with E-state index >= 15 is 0 Å². The van der Waals surface area contributed by atoms with Gasteiger partial charge in [0, 0.05) is 31.3 Å². The summed E-state index contributed by atoms with van der Waals surface area (Å²) < 4.78 is 7.67. The number of hydrogen-bond acceptors (Lipinski definition) is 7. The first-order valence-electron chi connectivity index (χ1n) is 11.0. The zero-order chi connectivity index (χ0) is 22.9. The molecule has 9 nitrogen and oxygen atoms in total. The van der Waals surface area contributed by atoms with E-state index in [2.05, 4.69) is 44.5 Å². The molecule has 1 fully saturated rings. The Bertz CT molecular complexity index is 1260. The molecule has 172 valence electrons. The lowest BCUT2D eigenvalue weighted by Crippen LogP contribution is -2.39. The molecule has 4 aromatic heterocycles. The van der Waals surface area contributed by atoms with Crippen LogP contribution in [-0.2, 0) is 4.74 Å². The second kappa shape index (κ2) is 8.95. The van der Waals surface area contributed by atoms with Gasteiger partial charge in [-0.05, 0) is 44.9 Å². The molecule has 0 saturated carbocycles. The Hall–Kier alpha value is -3.24. The first-order chi connectivity index (χ1) is 16.0. The van der Waals surface area contributed by atoms with E-state index in [1.165, 1.54) is 11.2 Å². The quantitative estimate of drug-likeness (QED) is 0.451. The number of thiophene rings is 1. The van der Waals surface area contributed by atoms with Gasteiger partial charge in [0.05, 0.1) is 40.2 Å². The number of methoxy groups -OCH3 is 1. The molecule has 0 aromatic carbocycles. The number of aryl methyl sites for hydroxylation is 1. The number of aromatic nitrogens is 5. The maximum absolute atomic E-state index is 13.3. The number of ether oxygens (including phenoxy) is 1. The van der Waals surface area contributed by atoms with Crippen molar-refractivity contribution in [3.05, 3.63) is 53.2 Å². The summed E-state index contributed by atoms with van der Waals surface area (Å²) in [4.78, 5) is 26.8. The predicted molar refractivity (Wildman–Crippen MR) is 128 cm³/mol. The number of carbonyl (C=O) groups is 1. The fraction of sp³-hybridized carbons (Fsp3) is 0.391. The van der Waals surface area contributed by atoms with Gasteiger partial charge in [-0.1, -0.05) is 0 Å². The zero-order valence-corrected chi connectivity index (χ0v) is 19.7. The lowest BCUT2D eigenvalue weighted by atomic mass is 10.1. The normalized spacial score (nSPS) is 17.4. The van der Waals surface area contributed by atoms with E-state index in [4.69, 9.17) is 9.72 Å². The number of anilines is 1. The van der Waals surface area contributed by atoms with E-state index in [-0.39, 0.29) is 18.1 Å². The highest BCUT2D eigenvalue weighted by atomic mass is 32.1. The molecule has 1 amide bonds. The molecule has 0 spiro atoms. The number of hydrogen-bond donors (Lipinski definition) is 2. The van der Waals surface area contributed by atoms with Crippen LogP contribution in [-0.4, -0.2) is 56.8 Å². The van der Waals surface area contributed by atoms with E-state index in [0.29, 0.717) is 11.4 Å². The Morgan fingerprint density at radius 1 is 1.36 bits per heavy atom. The Kier molecular flexibility index (Phi) is 5.86. The highest BCUT2D eigenvalue weighted by molar-refractivity contribution is 7.15. The number of nitrogens with zero attached hydrogens (tertiary/aromatic N) is 5. The minimum atomic E-state index is -0.297. The molecular formula is C23H27N7O2S. The number of imidazole rings is 1. The number of piperidine rings is 1.